The second kappa shape index (κ2) is 4.27. The normalized spacial score (nSPS) is 9.21. The SMILES string of the molecule is CC(=O)NC(=O)Oc1ccc(O)cc1. The Hall–Kier alpha value is -2.04. The third-order valence-electron chi connectivity index (χ3n) is 1.33. The van der Waals surface area contributed by atoms with Crippen LogP contribution in [0, 0.1) is 0 Å². The van der Waals surface area contributed by atoms with Crippen molar-refractivity contribution >= 4 is 12.0 Å². The first kappa shape index (κ1) is 10.0. The summed E-state index contributed by atoms with van der Waals surface area (Å²) in [6, 6.07) is 5.57. The highest BCUT2D eigenvalue weighted by Crippen LogP contribution is 2.15. The van der Waals surface area contributed by atoms with E-state index in [-0.39, 0.29) is 11.5 Å². The third kappa shape index (κ3) is 3.14. The molecule has 0 saturated heterocycles. The molecule has 0 aliphatic carbocycles. The van der Waals surface area contributed by atoms with Crippen LogP contribution in [-0.2, 0) is 4.79 Å². The lowest BCUT2D eigenvalue weighted by atomic mass is 10.3. The van der Waals surface area contributed by atoms with Crippen LogP contribution in [0.5, 0.6) is 11.5 Å². The zero-order chi connectivity index (χ0) is 10.6. The number of aromatic hydroxyl groups is 1. The average Bonchev–Trinajstić information content (AvgIpc) is 2.07. The number of hydrogen-bond acceptors (Lipinski definition) is 4. The van der Waals surface area contributed by atoms with Crippen molar-refractivity contribution in [3.63, 3.8) is 0 Å². The van der Waals surface area contributed by atoms with Gasteiger partial charge < -0.3 is 9.84 Å². The second-order valence-electron chi connectivity index (χ2n) is 2.56. The van der Waals surface area contributed by atoms with Crippen LogP contribution in [0.1, 0.15) is 6.92 Å². The van der Waals surface area contributed by atoms with E-state index in [1.54, 1.807) is 0 Å². The van der Waals surface area contributed by atoms with Gasteiger partial charge in [0.05, 0.1) is 0 Å². The summed E-state index contributed by atoms with van der Waals surface area (Å²) in [4.78, 5) is 21.3. The van der Waals surface area contributed by atoms with Crippen LogP contribution in [0.4, 0.5) is 4.79 Å². The number of carbonyl (C=O) groups excluding carboxylic acids is 2. The highest BCUT2D eigenvalue weighted by molar-refractivity contribution is 5.91. The zero-order valence-corrected chi connectivity index (χ0v) is 7.48. The zero-order valence-electron chi connectivity index (χ0n) is 7.48. The fourth-order valence-electron chi connectivity index (χ4n) is 0.790. The number of imide groups is 1. The van der Waals surface area contributed by atoms with Crippen molar-refractivity contribution in [2.24, 2.45) is 0 Å². The Morgan fingerprint density at radius 1 is 1.29 bits per heavy atom. The van der Waals surface area contributed by atoms with Crippen molar-refractivity contribution < 1.29 is 19.4 Å². The summed E-state index contributed by atoms with van der Waals surface area (Å²) in [5.74, 6) is -0.167. The molecule has 0 spiro atoms. The van der Waals surface area contributed by atoms with E-state index >= 15 is 0 Å². The summed E-state index contributed by atoms with van der Waals surface area (Å²) >= 11 is 0. The maximum Gasteiger partial charge on any atom is 0.419 e. The minimum absolute atomic E-state index is 0.0735. The van der Waals surface area contributed by atoms with Gasteiger partial charge in [-0.25, -0.2) is 4.79 Å². The molecule has 0 aliphatic rings. The van der Waals surface area contributed by atoms with Gasteiger partial charge in [0, 0.05) is 6.92 Å². The van der Waals surface area contributed by atoms with E-state index in [0.717, 1.165) is 0 Å². The molecule has 0 heterocycles. The largest absolute Gasteiger partial charge is 0.508 e. The molecule has 5 heteroatoms. The molecule has 14 heavy (non-hydrogen) atoms. The van der Waals surface area contributed by atoms with Crippen LogP contribution in [0.2, 0.25) is 0 Å². The number of phenols is 1. The van der Waals surface area contributed by atoms with Crippen LogP contribution >= 0.6 is 0 Å². The van der Waals surface area contributed by atoms with Gasteiger partial charge in [-0.3, -0.25) is 10.1 Å². The number of benzene rings is 1. The molecule has 0 aromatic heterocycles. The molecule has 0 bridgehead atoms. The van der Waals surface area contributed by atoms with Gasteiger partial charge in [0.1, 0.15) is 11.5 Å². The molecule has 2 amide bonds. The van der Waals surface area contributed by atoms with Gasteiger partial charge in [-0.15, -0.1) is 0 Å². The number of hydrogen-bond donors (Lipinski definition) is 2. The number of ether oxygens (including phenoxy) is 1. The van der Waals surface area contributed by atoms with Crippen molar-refractivity contribution in [2.45, 2.75) is 6.92 Å². The van der Waals surface area contributed by atoms with Gasteiger partial charge in [0.15, 0.2) is 0 Å². The quantitative estimate of drug-likeness (QED) is 0.701. The summed E-state index contributed by atoms with van der Waals surface area (Å²) in [6.45, 7) is 1.21. The van der Waals surface area contributed by atoms with Crippen LogP contribution in [0.3, 0.4) is 0 Å². The second-order valence-corrected chi connectivity index (χ2v) is 2.56. The minimum Gasteiger partial charge on any atom is -0.508 e. The Morgan fingerprint density at radius 2 is 1.86 bits per heavy atom. The number of phenolic OH excluding ortho intramolecular Hbond substituents is 1. The molecule has 1 aromatic carbocycles. The van der Waals surface area contributed by atoms with E-state index in [9.17, 15) is 9.59 Å². The van der Waals surface area contributed by atoms with Gasteiger partial charge in [0.2, 0.25) is 5.91 Å². The molecule has 0 aliphatic heterocycles. The molecule has 2 N–H and O–H groups in total. The molecule has 1 rings (SSSR count). The standard InChI is InChI=1S/C9H9NO4/c1-6(11)10-9(13)14-8-4-2-7(12)3-5-8/h2-5,12H,1H3,(H,10,11,13). The predicted octanol–water partition coefficient (Wildman–Crippen LogP) is 1.03. The van der Waals surface area contributed by atoms with Gasteiger partial charge in [-0.1, -0.05) is 0 Å². The minimum atomic E-state index is -0.844. The predicted molar refractivity (Wildman–Crippen MR) is 47.9 cm³/mol. The third-order valence-corrected chi connectivity index (χ3v) is 1.33. The van der Waals surface area contributed by atoms with Gasteiger partial charge in [0.25, 0.3) is 0 Å². The molecule has 5 nitrogen and oxygen atoms in total. The molecule has 0 unspecified atom stereocenters. The number of carbonyl (C=O) groups is 2. The monoisotopic (exact) mass is 195 g/mol. The van der Waals surface area contributed by atoms with Crippen LogP contribution in [0.25, 0.3) is 0 Å². The van der Waals surface area contributed by atoms with Crippen molar-refractivity contribution in [3.05, 3.63) is 24.3 Å². The average molecular weight is 195 g/mol. The fraction of sp³-hybridized carbons (Fsp3) is 0.111. The van der Waals surface area contributed by atoms with Crippen molar-refractivity contribution in [1.82, 2.24) is 5.32 Å². The van der Waals surface area contributed by atoms with Gasteiger partial charge in [-0.05, 0) is 24.3 Å². The lowest BCUT2D eigenvalue weighted by molar-refractivity contribution is -0.118. The van der Waals surface area contributed by atoms with E-state index in [2.05, 4.69) is 0 Å². The summed E-state index contributed by atoms with van der Waals surface area (Å²) in [5, 5.41) is 10.9. The van der Waals surface area contributed by atoms with E-state index in [4.69, 9.17) is 9.84 Å². The van der Waals surface area contributed by atoms with Gasteiger partial charge in [-0.2, -0.15) is 0 Å². The Labute approximate surface area is 80.3 Å². The Balaban J connectivity index is 2.56. The summed E-state index contributed by atoms with van der Waals surface area (Å²) in [6.07, 6.45) is -0.844. The maximum absolute atomic E-state index is 10.9. The first-order chi connectivity index (χ1) is 6.58. The van der Waals surface area contributed by atoms with Crippen molar-refractivity contribution in [2.75, 3.05) is 0 Å². The Kier molecular flexibility index (Phi) is 3.06. The topological polar surface area (TPSA) is 75.6 Å². The van der Waals surface area contributed by atoms with Crippen molar-refractivity contribution in [3.8, 4) is 11.5 Å². The highest BCUT2D eigenvalue weighted by atomic mass is 16.6. The van der Waals surface area contributed by atoms with Crippen molar-refractivity contribution in [1.29, 1.82) is 0 Å². The van der Waals surface area contributed by atoms with E-state index in [0.29, 0.717) is 0 Å². The molecular formula is C9H9NO4. The number of rotatable bonds is 1. The Bertz CT molecular complexity index is 344. The lowest BCUT2D eigenvalue weighted by Crippen LogP contribution is -2.30. The molecule has 0 radical (unpaired) electrons. The first-order valence-corrected chi connectivity index (χ1v) is 3.86. The summed E-state index contributed by atoms with van der Waals surface area (Å²) in [5.41, 5.74) is 0. The molecule has 1 aromatic rings. The van der Waals surface area contributed by atoms with Crippen LogP contribution in [-0.4, -0.2) is 17.1 Å². The van der Waals surface area contributed by atoms with E-state index in [1.165, 1.54) is 31.2 Å². The van der Waals surface area contributed by atoms with Crippen LogP contribution < -0.4 is 10.1 Å². The van der Waals surface area contributed by atoms with E-state index in [1.807, 2.05) is 5.32 Å². The molecule has 0 fully saturated rings. The number of amides is 2. The summed E-state index contributed by atoms with van der Waals surface area (Å²) in [7, 11) is 0. The fourth-order valence-corrected chi connectivity index (χ4v) is 0.790. The number of nitrogens with one attached hydrogen (secondary N) is 1. The molecule has 0 atom stereocenters. The summed E-state index contributed by atoms with van der Waals surface area (Å²) < 4.78 is 4.70. The Morgan fingerprint density at radius 3 is 2.36 bits per heavy atom. The molecule has 0 saturated carbocycles. The molecule has 74 valence electrons. The lowest BCUT2D eigenvalue weighted by Gasteiger charge is -2.03. The van der Waals surface area contributed by atoms with E-state index < -0.39 is 12.0 Å². The van der Waals surface area contributed by atoms with Gasteiger partial charge >= 0.3 is 6.09 Å². The van der Waals surface area contributed by atoms with Crippen LogP contribution in [0.15, 0.2) is 24.3 Å². The molecular weight excluding hydrogens is 186 g/mol. The maximum atomic E-state index is 10.9. The smallest absolute Gasteiger partial charge is 0.419 e. The first-order valence-electron chi connectivity index (χ1n) is 3.86. The highest BCUT2D eigenvalue weighted by Gasteiger charge is 2.05.